The van der Waals surface area contributed by atoms with Crippen LogP contribution in [0.4, 0.5) is 4.39 Å². The highest BCUT2D eigenvalue weighted by Gasteiger charge is 2.26. The van der Waals surface area contributed by atoms with Gasteiger partial charge in [0, 0.05) is 47.3 Å². The van der Waals surface area contributed by atoms with Gasteiger partial charge in [0.2, 0.25) is 5.91 Å². The second kappa shape index (κ2) is 8.99. The summed E-state index contributed by atoms with van der Waals surface area (Å²) in [6, 6.07) is 4.80. The topological polar surface area (TPSA) is 36.7 Å². The van der Waals surface area contributed by atoms with Gasteiger partial charge in [-0.05, 0) is 80.4 Å². The van der Waals surface area contributed by atoms with E-state index in [1.165, 1.54) is 26.9 Å². The number of thiophene rings is 1. The first-order valence-electron chi connectivity index (χ1n) is 11.8. The molecule has 0 aliphatic carbocycles. The second-order valence-electron chi connectivity index (χ2n) is 9.15. The molecular formula is C26H31FN2O2S. The van der Waals surface area contributed by atoms with Gasteiger partial charge in [0.15, 0.2) is 0 Å². The van der Waals surface area contributed by atoms with Gasteiger partial charge in [-0.3, -0.25) is 4.79 Å². The van der Waals surface area contributed by atoms with E-state index in [-0.39, 0.29) is 11.7 Å². The molecule has 4 heterocycles. The monoisotopic (exact) mass is 454 g/mol. The van der Waals surface area contributed by atoms with Crippen LogP contribution in [0.25, 0.3) is 11.0 Å². The number of furan rings is 1. The van der Waals surface area contributed by atoms with Gasteiger partial charge in [-0.25, -0.2) is 4.39 Å². The van der Waals surface area contributed by atoms with E-state index in [9.17, 15) is 9.18 Å². The maximum absolute atomic E-state index is 13.7. The van der Waals surface area contributed by atoms with Gasteiger partial charge in [-0.15, -0.1) is 11.3 Å². The molecule has 4 nitrogen and oxygen atoms in total. The van der Waals surface area contributed by atoms with Crippen molar-refractivity contribution in [3.63, 3.8) is 0 Å². The number of carbonyl (C=O) groups excluding carboxylic acids is 1. The third kappa shape index (κ3) is 4.11. The molecule has 0 atom stereocenters. The number of halogens is 1. The number of nitrogens with zero attached hydrogens (tertiary/aromatic N) is 2. The first-order chi connectivity index (χ1) is 15.5. The molecule has 1 saturated heterocycles. The number of piperidine rings is 1. The van der Waals surface area contributed by atoms with Crippen LogP contribution in [0.2, 0.25) is 0 Å². The summed E-state index contributed by atoms with van der Waals surface area (Å²) < 4.78 is 19.4. The van der Waals surface area contributed by atoms with E-state index >= 15 is 0 Å². The third-order valence-electron chi connectivity index (χ3n) is 7.29. The van der Waals surface area contributed by atoms with Crippen LogP contribution < -0.4 is 0 Å². The number of hydrogen-bond donors (Lipinski definition) is 0. The SMILES string of the molecule is CCc1c(CCN2CCC(c3coc4ccc(F)cc34)CC2)sc2c1CN(C(C)=O)CC2. The second-order valence-corrected chi connectivity index (χ2v) is 10.3. The zero-order chi connectivity index (χ0) is 22.2. The minimum Gasteiger partial charge on any atom is -0.464 e. The quantitative estimate of drug-likeness (QED) is 0.509. The smallest absolute Gasteiger partial charge is 0.219 e. The number of likely N-dealkylation sites (tertiary alicyclic amines) is 1. The Balaban J connectivity index is 1.21. The molecule has 0 N–H and O–H groups in total. The van der Waals surface area contributed by atoms with Crippen molar-refractivity contribution in [3.8, 4) is 0 Å². The summed E-state index contributed by atoms with van der Waals surface area (Å²) in [6.45, 7) is 8.77. The zero-order valence-electron chi connectivity index (χ0n) is 19.0. The molecule has 2 aromatic heterocycles. The summed E-state index contributed by atoms with van der Waals surface area (Å²) in [6.07, 6.45) is 7.13. The number of amides is 1. The lowest BCUT2D eigenvalue weighted by Gasteiger charge is -2.31. The molecule has 0 unspecified atom stereocenters. The molecule has 3 aromatic rings. The summed E-state index contributed by atoms with van der Waals surface area (Å²) in [5, 5.41) is 0.930. The van der Waals surface area contributed by atoms with E-state index in [1.54, 1.807) is 19.1 Å². The van der Waals surface area contributed by atoms with Gasteiger partial charge < -0.3 is 14.2 Å². The Morgan fingerprint density at radius 2 is 2.06 bits per heavy atom. The van der Waals surface area contributed by atoms with Gasteiger partial charge in [-0.2, -0.15) is 0 Å². The Bertz CT molecular complexity index is 1130. The van der Waals surface area contributed by atoms with Crippen molar-refractivity contribution in [2.45, 2.75) is 58.4 Å². The predicted molar refractivity (Wildman–Crippen MR) is 127 cm³/mol. The van der Waals surface area contributed by atoms with E-state index in [1.807, 2.05) is 22.5 Å². The molecule has 2 aliphatic rings. The molecule has 0 bridgehead atoms. The van der Waals surface area contributed by atoms with Crippen LogP contribution in [0.5, 0.6) is 0 Å². The first-order valence-corrected chi connectivity index (χ1v) is 12.6. The molecule has 2 aliphatic heterocycles. The lowest BCUT2D eigenvalue weighted by Crippen LogP contribution is -2.34. The standard InChI is InChI=1S/C26H31FN2O2S/c1-3-20-22-15-29(17(2)30)13-9-26(22)32-25(20)8-12-28-10-6-18(7-11-28)23-16-31-24-5-4-19(27)14-21(23)24/h4-5,14,16,18H,3,6-13,15H2,1-2H3. The van der Waals surface area contributed by atoms with Crippen molar-refractivity contribution < 1.29 is 13.6 Å². The highest BCUT2D eigenvalue weighted by atomic mass is 32.1. The highest BCUT2D eigenvalue weighted by Crippen LogP contribution is 2.36. The van der Waals surface area contributed by atoms with Gasteiger partial charge in [-0.1, -0.05) is 6.92 Å². The van der Waals surface area contributed by atoms with Crippen molar-refractivity contribution in [2.75, 3.05) is 26.2 Å². The van der Waals surface area contributed by atoms with E-state index in [0.29, 0.717) is 5.92 Å². The van der Waals surface area contributed by atoms with Crippen LogP contribution in [0.1, 0.15) is 59.1 Å². The van der Waals surface area contributed by atoms with E-state index < -0.39 is 0 Å². The number of fused-ring (bicyclic) bond motifs is 2. The van der Waals surface area contributed by atoms with Gasteiger partial charge in [0.25, 0.3) is 0 Å². The van der Waals surface area contributed by atoms with Crippen molar-refractivity contribution in [2.24, 2.45) is 0 Å². The minimum absolute atomic E-state index is 0.182. The molecule has 1 amide bonds. The van der Waals surface area contributed by atoms with Crippen LogP contribution in [0, 0.1) is 5.82 Å². The Morgan fingerprint density at radius 1 is 1.25 bits per heavy atom. The molecule has 6 heteroatoms. The number of rotatable bonds is 5. The predicted octanol–water partition coefficient (Wildman–Crippen LogP) is 5.52. The maximum Gasteiger partial charge on any atom is 0.219 e. The minimum atomic E-state index is -0.200. The first kappa shape index (κ1) is 21.7. The highest BCUT2D eigenvalue weighted by molar-refractivity contribution is 7.12. The van der Waals surface area contributed by atoms with E-state index in [2.05, 4.69) is 11.8 Å². The number of hydrogen-bond acceptors (Lipinski definition) is 4. The molecule has 0 saturated carbocycles. The summed E-state index contributed by atoms with van der Waals surface area (Å²) in [5.74, 6) is 0.419. The average molecular weight is 455 g/mol. The molecule has 5 rings (SSSR count). The molecule has 0 spiro atoms. The summed E-state index contributed by atoms with van der Waals surface area (Å²) in [4.78, 5) is 19.4. The Morgan fingerprint density at radius 3 is 2.81 bits per heavy atom. The van der Waals surface area contributed by atoms with Crippen molar-refractivity contribution in [3.05, 3.63) is 56.7 Å². The Labute approximate surface area is 193 Å². The van der Waals surface area contributed by atoms with Crippen LogP contribution in [0.15, 0.2) is 28.9 Å². The summed E-state index contributed by atoms with van der Waals surface area (Å²) >= 11 is 1.98. The van der Waals surface area contributed by atoms with Gasteiger partial charge in [0.05, 0.1) is 6.26 Å². The third-order valence-corrected chi connectivity index (χ3v) is 8.68. The van der Waals surface area contributed by atoms with Crippen LogP contribution in [-0.2, 0) is 30.6 Å². The van der Waals surface area contributed by atoms with Crippen LogP contribution >= 0.6 is 11.3 Å². The van der Waals surface area contributed by atoms with Crippen LogP contribution in [0.3, 0.4) is 0 Å². The Hall–Kier alpha value is -2.18. The van der Waals surface area contributed by atoms with E-state index in [0.717, 1.165) is 81.4 Å². The molecule has 1 fully saturated rings. The fourth-order valence-electron chi connectivity index (χ4n) is 5.45. The fourth-order valence-corrected chi connectivity index (χ4v) is 6.83. The molecular weight excluding hydrogens is 423 g/mol. The maximum atomic E-state index is 13.7. The number of benzene rings is 1. The van der Waals surface area contributed by atoms with Gasteiger partial charge in [0.1, 0.15) is 11.4 Å². The number of carbonyl (C=O) groups is 1. The molecule has 170 valence electrons. The molecule has 1 aromatic carbocycles. The van der Waals surface area contributed by atoms with E-state index in [4.69, 9.17) is 4.42 Å². The normalized spacial score (nSPS) is 17.8. The lowest BCUT2D eigenvalue weighted by atomic mass is 9.89. The average Bonchev–Trinajstić information content (AvgIpc) is 3.37. The largest absolute Gasteiger partial charge is 0.464 e. The van der Waals surface area contributed by atoms with Crippen molar-refractivity contribution in [1.29, 1.82) is 0 Å². The molecule has 0 radical (unpaired) electrons. The van der Waals surface area contributed by atoms with Crippen LogP contribution in [-0.4, -0.2) is 41.9 Å². The Kier molecular flexibility index (Phi) is 6.08. The van der Waals surface area contributed by atoms with Crippen molar-refractivity contribution in [1.82, 2.24) is 9.80 Å². The lowest BCUT2D eigenvalue weighted by molar-refractivity contribution is -0.129. The summed E-state index contributed by atoms with van der Waals surface area (Å²) in [7, 11) is 0. The zero-order valence-corrected chi connectivity index (χ0v) is 19.8. The fraction of sp³-hybridized carbons (Fsp3) is 0.500. The van der Waals surface area contributed by atoms with Gasteiger partial charge >= 0.3 is 0 Å². The molecule has 32 heavy (non-hydrogen) atoms. The summed E-state index contributed by atoms with van der Waals surface area (Å²) in [5.41, 5.74) is 4.85. The van der Waals surface area contributed by atoms with Crippen molar-refractivity contribution >= 4 is 28.2 Å².